The molecule has 0 saturated carbocycles. The van der Waals surface area contributed by atoms with E-state index >= 15 is 0 Å². The van der Waals surface area contributed by atoms with Crippen molar-refractivity contribution in [1.82, 2.24) is 0 Å². The quantitative estimate of drug-likeness (QED) is 0.658. The molecule has 0 bridgehead atoms. The van der Waals surface area contributed by atoms with Crippen LogP contribution in [0.25, 0.3) is 0 Å². The third-order valence-corrected chi connectivity index (χ3v) is 2.72. The largest absolute Gasteiger partial charge is 0.506 e. The zero-order chi connectivity index (χ0) is 14.5. The van der Waals surface area contributed by atoms with Crippen LogP contribution < -0.4 is 5.32 Å². The molecule has 2 aromatic rings. The summed E-state index contributed by atoms with van der Waals surface area (Å²) in [7, 11) is 0. The molecule has 2 N–H and O–H groups in total. The molecule has 0 saturated heterocycles. The Morgan fingerprint density at radius 2 is 1.55 bits per heavy atom. The zero-order valence-electron chi connectivity index (χ0n) is 10.4. The van der Waals surface area contributed by atoms with Crippen molar-refractivity contribution in [2.24, 2.45) is 0 Å². The van der Waals surface area contributed by atoms with E-state index in [0.29, 0.717) is 29.3 Å². The Balaban J connectivity index is 2.18. The highest BCUT2D eigenvalue weighted by atomic mass is 16.3. The van der Waals surface area contributed by atoms with Gasteiger partial charge in [-0.05, 0) is 30.3 Å². The predicted molar refractivity (Wildman–Crippen MR) is 73.3 cm³/mol. The molecule has 5 nitrogen and oxygen atoms in total. The van der Waals surface area contributed by atoms with E-state index in [0.717, 1.165) is 0 Å². The molecular weight excluding hydrogens is 258 g/mol. The van der Waals surface area contributed by atoms with Gasteiger partial charge in [-0.1, -0.05) is 12.1 Å². The summed E-state index contributed by atoms with van der Waals surface area (Å²) < 4.78 is 0. The van der Waals surface area contributed by atoms with Gasteiger partial charge in [0, 0.05) is 16.7 Å². The number of hydrogen-bond donors (Lipinski definition) is 2. The minimum Gasteiger partial charge on any atom is -0.506 e. The van der Waals surface area contributed by atoms with E-state index in [1.54, 1.807) is 0 Å². The van der Waals surface area contributed by atoms with Crippen LogP contribution in [0.1, 0.15) is 31.1 Å². The molecule has 0 fully saturated rings. The first-order chi connectivity index (χ1) is 9.63. The lowest BCUT2D eigenvalue weighted by atomic mass is 10.1. The molecule has 0 radical (unpaired) electrons. The van der Waals surface area contributed by atoms with Crippen molar-refractivity contribution in [2.45, 2.75) is 0 Å². The molecule has 2 rings (SSSR count). The van der Waals surface area contributed by atoms with Crippen LogP contribution in [-0.4, -0.2) is 23.6 Å². The SMILES string of the molecule is O=Cc1ccc(C(=O)Nc2ccc(C=O)cc2O)cc1. The zero-order valence-corrected chi connectivity index (χ0v) is 10.4. The van der Waals surface area contributed by atoms with E-state index in [1.165, 1.54) is 42.5 Å². The van der Waals surface area contributed by atoms with Crippen molar-refractivity contribution in [1.29, 1.82) is 0 Å². The van der Waals surface area contributed by atoms with E-state index < -0.39 is 5.91 Å². The van der Waals surface area contributed by atoms with Crippen LogP contribution in [0.4, 0.5) is 5.69 Å². The Morgan fingerprint density at radius 3 is 2.10 bits per heavy atom. The van der Waals surface area contributed by atoms with Gasteiger partial charge in [-0.25, -0.2) is 0 Å². The van der Waals surface area contributed by atoms with E-state index in [-0.39, 0.29) is 11.4 Å². The van der Waals surface area contributed by atoms with Crippen molar-refractivity contribution in [2.75, 3.05) is 5.32 Å². The molecule has 0 unspecified atom stereocenters. The summed E-state index contributed by atoms with van der Waals surface area (Å²) in [6, 6.07) is 10.3. The van der Waals surface area contributed by atoms with Crippen LogP contribution >= 0.6 is 0 Å². The maximum Gasteiger partial charge on any atom is 0.255 e. The van der Waals surface area contributed by atoms with Crippen LogP contribution in [-0.2, 0) is 0 Å². The summed E-state index contributed by atoms with van der Waals surface area (Å²) in [5, 5.41) is 12.2. The highest BCUT2D eigenvalue weighted by molar-refractivity contribution is 6.05. The molecule has 0 aliphatic carbocycles. The molecule has 0 atom stereocenters. The lowest BCUT2D eigenvalue weighted by Crippen LogP contribution is -2.12. The van der Waals surface area contributed by atoms with Crippen LogP contribution in [0.15, 0.2) is 42.5 Å². The molecule has 0 heterocycles. The molecule has 5 heteroatoms. The average molecular weight is 269 g/mol. The normalized spacial score (nSPS) is 9.80. The van der Waals surface area contributed by atoms with Crippen molar-refractivity contribution in [3.8, 4) is 5.75 Å². The van der Waals surface area contributed by atoms with Gasteiger partial charge in [-0.2, -0.15) is 0 Å². The van der Waals surface area contributed by atoms with Gasteiger partial charge in [-0.3, -0.25) is 14.4 Å². The molecule has 0 aliphatic heterocycles. The summed E-state index contributed by atoms with van der Waals surface area (Å²) in [6.07, 6.45) is 1.29. The Morgan fingerprint density at radius 1 is 0.950 bits per heavy atom. The van der Waals surface area contributed by atoms with Crippen LogP contribution in [0.3, 0.4) is 0 Å². The molecule has 1 amide bonds. The molecule has 0 aromatic heterocycles. The lowest BCUT2D eigenvalue weighted by molar-refractivity contribution is 0.102. The fourth-order valence-electron chi connectivity index (χ4n) is 1.64. The Labute approximate surface area is 114 Å². The van der Waals surface area contributed by atoms with Crippen LogP contribution in [0.5, 0.6) is 5.75 Å². The number of phenolic OH excluding ortho intramolecular Hbond substituents is 1. The number of nitrogens with one attached hydrogen (secondary N) is 1. The average Bonchev–Trinajstić information content (AvgIpc) is 2.49. The highest BCUT2D eigenvalue weighted by Crippen LogP contribution is 2.24. The van der Waals surface area contributed by atoms with Gasteiger partial charge in [0.05, 0.1) is 5.69 Å². The standard InChI is InChI=1S/C15H11NO4/c17-8-10-1-4-12(5-2-10)15(20)16-13-6-3-11(9-18)7-14(13)19/h1-9,19H,(H,16,20). The van der Waals surface area contributed by atoms with Gasteiger partial charge in [0.2, 0.25) is 0 Å². The fraction of sp³-hybridized carbons (Fsp3) is 0. The Bertz CT molecular complexity index is 662. The maximum absolute atomic E-state index is 11.9. The smallest absolute Gasteiger partial charge is 0.255 e. The van der Waals surface area contributed by atoms with Gasteiger partial charge < -0.3 is 10.4 Å². The number of rotatable bonds is 4. The first-order valence-electron chi connectivity index (χ1n) is 5.79. The number of hydrogen-bond acceptors (Lipinski definition) is 4. The summed E-state index contributed by atoms with van der Waals surface area (Å²) >= 11 is 0. The van der Waals surface area contributed by atoms with Crippen LogP contribution in [0.2, 0.25) is 0 Å². The second kappa shape index (κ2) is 5.79. The molecule has 0 aliphatic rings. The molecule has 2 aromatic carbocycles. The molecule has 20 heavy (non-hydrogen) atoms. The van der Waals surface area contributed by atoms with E-state index in [1.807, 2.05) is 0 Å². The number of amides is 1. The second-order valence-electron chi connectivity index (χ2n) is 4.09. The van der Waals surface area contributed by atoms with Gasteiger partial charge in [0.15, 0.2) is 0 Å². The molecular formula is C15H11NO4. The summed E-state index contributed by atoms with van der Waals surface area (Å²) in [5.41, 5.74) is 1.35. The van der Waals surface area contributed by atoms with Crippen LogP contribution in [0, 0.1) is 0 Å². The van der Waals surface area contributed by atoms with Crippen molar-refractivity contribution < 1.29 is 19.5 Å². The first-order valence-corrected chi connectivity index (χ1v) is 5.79. The van der Waals surface area contributed by atoms with Gasteiger partial charge >= 0.3 is 0 Å². The minimum absolute atomic E-state index is 0.188. The Kier molecular flexibility index (Phi) is 3.91. The second-order valence-corrected chi connectivity index (χ2v) is 4.09. The van der Waals surface area contributed by atoms with E-state index in [4.69, 9.17) is 0 Å². The molecule has 100 valence electrons. The van der Waals surface area contributed by atoms with Crippen molar-refractivity contribution >= 4 is 24.2 Å². The summed E-state index contributed by atoms with van der Waals surface area (Å²) in [4.78, 5) is 33.0. The van der Waals surface area contributed by atoms with E-state index in [9.17, 15) is 19.5 Å². The Hall–Kier alpha value is -2.95. The first kappa shape index (κ1) is 13.5. The third kappa shape index (κ3) is 2.89. The number of carbonyl (C=O) groups is 3. The number of phenols is 1. The van der Waals surface area contributed by atoms with Crippen molar-refractivity contribution in [3.63, 3.8) is 0 Å². The van der Waals surface area contributed by atoms with Gasteiger partial charge in [0.25, 0.3) is 5.91 Å². The summed E-state index contributed by atoms with van der Waals surface area (Å²) in [5.74, 6) is -0.607. The minimum atomic E-state index is -0.420. The monoisotopic (exact) mass is 269 g/mol. The lowest BCUT2D eigenvalue weighted by Gasteiger charge is -2.07. The third-order valence-electron chi connectivity index (χ3n) is 2.72. The topological polar surface area (TPSA) is 83.5 Å². The van der Waals surface area contributed by atoms with Gasteiger partial charge in [-0.15, -0.1) is 0 Å². The number of anilines is 1. The summed E-state index contributed by atoms with van der Waals surface area (Å²) in [6.45, 7) is 0. The predicted octanol–water partition coefficient (Wildman–Crippen LogP) is 2.27. The van der Waals surface area contributed by atoms with E-state index in [2.05, 4.69) is 5.32 Å². The maximum atomic E-state index is 11.9. The van der Waals surface area contributed by atoms with Crippen molar-refractivity contribution in [3.05, 3.63) is 59.2 Å². The fourth-order valence-corrected chi connectivity index (χ4v) is 1.64. The highest BCUT2D eigenvalue weighted by Gasteiger charge is 2.09. The van der Waals surface area contributed by atoms with Gasteiger partial charge in [0.1, 0.15) is 18.3 Å². The number of carbonyl (C=O) groups excluding carboxylic acids is 3. The number of aldehydes is 2. The number of aromatic hydroxyl groups is 1. The molecule has 0 spiro atoms. The number of benzene rings is 2.